The van der Waals surface area contributed by atoms with Gasteiger partial charge in [0, 0.05) is 24.6 Å². The molecular weight excluding hydrogens is 344 g/mol. The second-order valence-corrected chi connectivity index (χ2v) is 6.04. The molecule has 0 aliphatic heterocycles. The Balaban J connectivity index is 1.78. The molecule has 0 heterocycles. The van der Waals surface area contributed by atoms with Crippen LogP contribution in [0.1, 0.15) is 6.92 Å². The predicted molar refractivity (Wildman–Crippen MR) is 108 cm³/mol. The summed E-state index contributed by atoms with van der Waals surface area (Å²) in [6, 6.07) is 14.7. The molecule has 2 aromatic carbocycles. The molecule has 0 atom stereocenters. The van der Waals surface area contributed by atoms with Gasteiger partial charge in [-0.2, -0.15) is 0 Å². The molecule has 0 fully saturated rings. The van der Waals surface area contributed by atoms with Crippen molar-refractivity contribution >= 4 is 17.3 Å². The van der Waals surface area contributed by atoms with E-state index >= 15 is 0 Å². The van der Waals surface area contributed by atoms with Gasteiger partial charge in [-0.05, 0) is 48.9 Å². The van der Waals surface area contributed by atoms with Crippen molar-refractivity contribution in [3.05, 3.63) is 60.7 Å². The first-order valence-corrected chi connectivity index (χ1v) is 8.69. The normalized spacial score (nSPS) is 10.1. The van der Waals surface area contributed by atoms with E-state index in [4.69, 9.17) is 14.2 Å². The van der Waals surface area contributed by atoms with Crippen molar-refractivity contribution in [1.82, 2.24) is 0 Å². The lowest BCUT2D eigenvalue weighted by molar-refractivity contribution is -0.114. The maximum atomic E-state index is 12.1. The Morgan fingerprint density at radius 3 is 2.48 bits per heavy atom. The summed E-state index contributed by atoms with van der Waals surface area (Å²) in [5.74, 6) is 1.30. The SMILES string of the molecule is C=C(C)COc1ccc(NCC(=O)Nc2cccc(OCCOC)c2)cc1. The lowest BCUT2D eigenvalue weighted by Gasteiger charge is -2.11. The lowest BCUT2D eigenvalue weighted by Crippen LogP contribution is -2.21. The van der Waals surface area contributed by atoms with Gasteiger partial charge in [-0.25, -0.2) is 0 Å². The molecule has 27 heavy (non-hydrogen) atoms. The number of amides is 1. The Labute approximate surface area is 160 Å². The van der Waals surface area contributed by atoms with E-state index in [-0.39, 0.29) is 12.5 Å². The minimum absolute atomic E-state index is 0.147. The number of hydrogen-bond donors (Lipinski definition) is 2. The van der Waals surface area contributed by atoms with E-state index in [1.54, 1.807) is 13.2 Å². The van der Waals surface area contributed by atoms with Gasteiger partial charge >= 0.3 is 0 Å². The van der Waals surface area contributed by atoms with Crippen LogP contribution in [0.15, 0.2) is 60.7 Å². The van der Waals surface area contributed by atoms with Crippen molar-refractivity contribution in [3.8, 4) is 11.5 Å². The zero-order valence-electron chi connectivity index (χ0n) is 15.8. The molecule has 2 N–H and O–H groups in total. The van der Waals surface area contributed by atoms with Gasteiger partial charge in [0.05, 0.1) is 13.2 Å². The number of carbonyl (C=O) groups is 1. The summed E-state index contributed by atoms with van der Waals surface area (Å²) in [5.41, 5.74) is 2.48. The summed E-state index contributed by atoms with van der Waals surface area (Å²) >= 11 is 0. The highest BCUT2D eigenvalue weighted by Crippen LogP contribution is 2.18. The van der Waals surface area contributed by atoms with Crippen LogP contribution in [-0.4, -0.2) is 39.4 Å². The fraction of sp³-hybridized carbons (Fsp3) is 0.286. The van der Waals surface area contributed by atoms with Gasteiger partial charge < -0.3 is 24.8 Å². The Bertz CT molecular complexity index is 744. The van der Waals surface area contributed by atoms with E-state index in [1.165, 1.54) is 0 Å². The summed E-state index contributed by atoms with van der Waals surface area (Å²) in [7, 11) is 1.62. The smallest absolute Gasteiger partial charge is 0.243 e. The average Bonchev–Trinajstić information content (AvgIpc) is 2.66. The van der Waals surface area contributed by atoms with Crippen molar-refractivity contribution in [2.24, 2.45) is 0 Å². The molecule has 0 radical (unpaired) electrons. The van der Waals surface area contributed by atoms with Crippen LogP contribution in [0.4, 0.5) is 11.4 Å². The second kappa shape index (κ2) is 10.9. The summed E-state index contributed by atoms with van der Waals surface area (Å²) in [6.07, 6.45) is 0. The van der Waals surface area contributed by atoms with Crippen LogP contribution in [0.5, 0.6) is 11.5 Å². The van der Waals surface area contributed by atoms with Gasteiger partial charge in [0.25, 0.3) is 0 Å². The molecule has 1 amide bonds. The summed E-state index contributed by atoms with van der Waals surface area (Å²) in [5, 5.41) is 5.92. The van der Waals surface area contributed by atoms with Crippen molar-refractivity contribution in [1.29, 1.82) is 0 Å². The Kier molecular flexibility index (Phi) is 8.19. The van der Waals surface area contributed by atoms with Crippen molar-refractivity contribution in [2.45, 2.75) is 6.92 Å². The molecule has 0 aromatic heterocycles. The molecule has 0 aliphatic carbocycles. The van der Waals surface area contributed by atoms with Crippen molar-refractivity contribution < 1.29 is 19.0 Å². The van der Waals surface area contributed by atoms with Crippen LogP contribution in [-0.2, 0) is 9.53 Å². The zero-order valence-corrected chi connectivity index (χ0v) is 15.8. The summed E-state index contributed by atoms with van der Waals surface area (Å²) in [4.78, 5) is 12.1. The summed E-state index contributed by atoms with van der Waals surface area (Å²) in [6.45, 7) is 7.33. The Morgan fingerprint density at radius 1 is 1.00 bits per heavy atom. The third-order valence-corrected chi connectivity index (χ3v) is 3.47. The fourth-order valence-electron chi connectivity index (χ4n) is 2.17. The zero-order chi connectivity index (χ0) is 19.5. The number of hydrogen-bond acceptors (Lipinski definition) is 5. The molecule has 0 aliphatic rings. The molecule has 2 rings (SSSR count). The maximum absolute atomic E-state index is 12.1. The molecule has 144 valence electrons. The molecule has 0 spiro atoms. The van der Waals surface area contributed by atoms with E-state index in [2.05, 4.69) is 17.2 Å². The molecule has 0 bridgehead atoms. The highest BCUT2D eigenvalue weighted by Gasteiger charge is 2.04. The van der Waals surface area contributed by atoms with E-state index < -0.39 is 0 Å². The standard InChI is InChI=1S/C21H26N2O4/c1-16(2)15-27-19-9-7-17(8-10-19)22-14-21(24)23-18-5-4-6-20(13-18)26-12-11-25-3/h4-10,13,22H,1,11-12,14-15H2,2-3H3,(H,23,24). The van der Waals surface area contributed by atoms with Gasteiger partial charge in [0.15, 0.2) is 0 Å². The molecule has 6 heteroatoms. The van der Waals surface area contributed by atoms with Crippen LogP contribution in [0.25, 0.3) is 0 Å². The topological polar surface area (TPSA) is 68.8 Å². The Morgan fingerprint density at radius 2 is 1.78 bits per heavy atom. The molecular formula is C21H26N2O4. The maximum Gasteiger partial charge on any atom is 0.243 e. The van der Waals surface area contributed by atoms with Gasteiger partial charge in [0.1, 0.15) is 24.7 Å². The number of carbonyl (C=O) groups excluding carboxylic acids is 1. The van der Waals surface area contributed by atoms with E-state index in [0.29, 0.717) is 31.3 Å². The number of anilines is 2. The van der Waals surface area contributed by atoms with E-state index in [9.17, 15) is 4.79 Å². The van der Waals surface area contributed by atoms with Gasteiger partial charge in [-0.1, -0.05) is 12.6 Å². The van der Waals surface area contributed by atoms with Crippen molar-refractivity contribution in [3.63, 3.8) is 0 Å². The quantitative estimate of drug-likeness (QED) is 0.466. The minimum Gasteiger partial charge on any atom is -0.491 e. The first kappa shape index (κ1) is 20.3. The molecule has 2 aromatic rings. The van der Waals surface area contributed by atoms with Crippen LogP contribution >= 0.6 is 0 Å². The molecule has 6 nitrogen and oxygen atoms in total. The number of methoxy groups -OCH3 is 1. The van der Waals surface area contributed by atoms with Gasteiger partial charge in [-0.3, -0.25) is 4.79 Å². The van der Waals surface area contributed by atoms with Crippen LogP contribution in [0.3, 0.4) is 0 Å². The van der Waals surface area contributed by atoms with Crippen LogP contribution in [0.2, 0.25) is 0 Å². The highest BCUT2D eigenvalue weighted by atomic mass is 16.5. The first-order valence-electron chi connectivity index (χ1n) is 8.69. The van der Waals surface area contributed by atoms with Crippen LogP contribution in [0, 0.1) is 0 Å². The number of rotatable bonds is 11. The fourth-order valence-corrected chi connectivity index (χ4v) is 2.17. The third-order valence-electron chi connectivity index (χ3n) is 3.47. The number of ether oxygens (including phenoxy) is 3. The minimum atomic E-state index is -0.147. The molecule has 0 saturated heterocycles. The van der Waals surface area contributed by atoms with E-state index in [0.717, 1.165) is 17.0 Å². The monoisotopic (exact) mass is 370 g/mol. The number of nitrogens with one attached hydrogen (secondary N) is 2. The van der Waals surface area contributed by atoms with Gasteiger partial charge in [0.2, 0.25) is 5.91 Å². The average molecular weight is 370 g/mol. The first-order chi connectivity index (χ1) is 13.1. The molecule has 0 unspecified atom stereocenters. The van der Waals surface area contributed by atoms with Gasteiger partial charge in [-0.15, -0.1) is 0 Å². The largest absolute Gasteiger partial charge is 0.491 e. The Hall–Kier alpha value is -2.99. The predicted octanol–water partition coefficient (Wildman–Crippen LogP) is 3.72. The number of benzene rings is 2. The van der Waals surface area contributed by atoms with Crippen LogP contribution < -0.4 is 20.1 Å². The third kappa shape index (κ3) is 7.83. The highest BCUT2D eigenvalue weighted by molar-refractivity contribution is 5.93. The second-order valence-electron chi connectivity index (χ2n) is 6.04. The summed E-state index contributed by atoms with van der Waals surface area (Å²) < 4.78 is 16.0. The molecule has 0 saturated carbocycles. The van der Waals surface area contributed by atoms with E-state index in [1.807, 2.05) is 49.4 Å². The van der Waals surface area contributed by atoms with Crippen molar-refractivity contribution in [2.75, 3.05) is 44.1 Å². The lowest BCUT2D eigenvalue weighted by atomic mass is 10.3.